The van der Waals surface area contributed by atoms with Crippen molar-refractivity contribution in [3.63, 3.8) is 0 Å². The number of nitrogens with zero attached hydrogens (tertiary/aromatic N) is 1. The Morgan fingerprint density at radius 1 is 1.14 bits per heavy atom. The van der Waals surface area contributed by atoms with Gasteiger partial charge in [-0.3, -0.25) is 0 Å². The summed E-state index contributed by atoms with van der Waals surface area (Å²) in [5.41, 5.74) is 2.69. The fourth-order valence-electron chi connectivity index (χ4n) is 2.17. The maximum Gasteiger partial charge on any atom is 0.319 e. The Morgan fingerprint density at radius 2 is 1.91 bits per heavy atom. The van der Waals surface area contributed by atoms with Crippen molar-refractivity contribution in [1.82, 2.24) is 10.3 Å². The highest BCUT2D eigenvalue weighted by Crippen LogP contribution is 2.34. The molecule has 0 saturated carbocycles. The molecule has 2 amide bonds. The number of nitrogens with one attached hydrogen (secondary N) is 2. The summed E-state index contributed by atoms with van der Waals surface area (Å²) >= 11 is 1.63. The molecule has 0 spiro atoms. The van der Waals surface area contributed by atoms with Gasteiger partial charge in [0.2, 0.25) is 0 Å². The normalized spacial score (nSPS) is 10.6. The Balaban J connectivity index is 1.92. The molecule has 0 aliphatic heterocycles. The molecule has 0 radical (unpaired) electrons. The number of urea groups is 1. The first-order chi connectivity index (χ1) is 10.8. The molecule has 0 bridgehead atoms. The van der Waals surface area contributed by atoms with E-state index in [9.17, 15) is 4.79 Å². The Hall–Kier alpha value is -2.40. The molecule has 0 aliphatic rings. The average Bonchev–Trinajstić information content (AvgIpc) is 2.97. The van der Waals surface area contributed by atoms with Crippen molar-refractivity contribution in [2.75, 3.05) is 11.9 Å². The van der Waals surface area contributed by atoms with E-state index in [-0.39, 0.29) is 6.03 Å². The van der Waals surface area contributed by atoms with Gasteiger partial charge in [0.05, 0.1) is 15.9 Å². The molecule has 5 heteroatoms. The predicted octanol–water partition coefficient (Wildman–Crippen LogP) is 4.49. The number of carbonyl (C=O) groups excluding carboxylic acids is 1. The zero-order valence-corrected chi connectivity index (χ0v) is 13.1. The van der Waals surface area contributed by atoms with Gasteiger partial charge in [0, 0.05) is 12.1 Å². The van der Waals surface area contributed by atoms with Gasteiger partial charge in [-0.2, -0.15) is 0 Å². The molecule has 3 aromatic rings. The highest BCUT2D eigenvalue weighted by Gasteiger charge is 2.11. The first-order valence-corrected chi connectivity index (χ1v) is 8.09. The molecule has 1 heterocycles. The van der Waals surface area contributed by atoms with Crippen LogP contribution in [0.1, 0.15) is 13.3 Å². The van der Waals surface area contributed by atoms with Gasteiger partial charge in [0.25, 0.3) is 0 Å². The van der Waals surface area contributed by atoms with E-state index in [1.165, 1.54) is 0 Å². The van der Waals surface area contributed by atoms with Gasteiger partial charge >= 0.3 is 6.03 Å². The standard InChI is InChI=1S/C17H17N3OS/c1-2-11-18-17(21)20-13-8-4-3-7-12(13)16-19-14-9-5-6-10-15(14)22-16/h3-10H,2,11H2,1H3,(H2,18,20,21). The number of thiazole rings is 1. The molecule has 0 fully saturated rings. The second-order valence-corrected chi connectivity index (χ2v) is 5.94. The molecule has 0 unspecified atom stereocenters. The lowest BCUT2D eigenvalue weighted by Crippen LogP contribution is -2.29. The van der Waals surface area contributed by atoms with Crippen LogP contribution in [0.2, 0.25) is 0 Å². The molecule has 2 aromatic carbocycles. The van der Waals surface area contributed by atoms with Crippen LogP contribution in [0.3, 0.4) is 0 Å². The second kappa shape index (κ2) is 6.58. The van der Waals surface area contributed by atoms with Crippen LogP contribution in [0.4, 0.5) is 10.5 Å². The zero-order chi connectivity index (χ0) is 15.4. The van der Waals surface area contributed by atoms with Crippen LogP contribution in [0.5, 0.6) is 0 Å². The number of para-hydroxylation sites is 2. The molecule has 0 atom stereocenters. The van der Waals surface area contributed by atoms with E-state index in [4.69, 9.17) is 0 Å². The molecular weight excluding hydrogens is 294 g/mol. The molecule has 3 rings (SSSR count). The highest BCUT2D eigenvalue weighted by atomic mass is 32.1. The Bertz CT molecular complexity index is 764. The lowest BCUT2D eigenvalue weighted by molar-refractivity contribution is 0.252. The quantitative estimate of drug-likeness (QED) is 0.745. The van der Waals surface area contributed by atoms with Gasteiger partial charge in [0.15, 0.2) is 0 Å². The van der Waals surface area contributed by atoms with Crippen molar-refractivity contribution in [2.24, 2.45) is 0 Å². The molecular formula is C17H17N3OS. The lowest BCUT2D eigenvalue weighted by Gasteiger charge is -2.10. The van der Waals surface area contributed by atoms with E-state index in [1.54, 1.807) is 11.3 Å². The minimum absolute atomic E-state index is 0.185. The van der Waals surface area contributed by atoms with Crippen molar-refractivity contribution in [3.8, 4) is 10.6 Å². The fraction of sp³-hybridized carbons (Fsp3) is 0.176. The topological polar surface area (TPSA) is 54.0 Å². The summed E-state index contributed by atoms with van der Waals surface area (Å²) in [4.78, 5) is 16.5. The number of carbonyl (C=O) groups is 1. The van der Waals surface area contributed by atoms with Gasteiger partial charge in [-0.15, -0.1) is 11.3 Å². The van der Waals surface area contributed by atoms with E-state index in [0.29, 0.717) is 6.54 Å². The third kappa shape index (κ3) is 3.09. The molecule has 112 valence electrons. The molecule has 0 saturated heterocycles. The summed E-state index contributed by atoms with van der Waals surface area (Å²) in [5.74, 6) is 0. The second-order valence-electron chi connectivity index (χ2n) is 4.91. The summed E-state index contributed by atoms with van der Waals surface area (Å²) in [6.07, 6.45) is 0.910. The lowest BCUT2D eigenvalue weighted by atomic mass is 10.2. The van der Waals surface area contributed by atoms with Crippen molar-refractivity contribution in [2.45, 2.75) is 13.3 Å². The molecule has 2 N–H and O–H groups in total. The van der Waals surface area contributed by atoms with E-state index < -0.39 is 0 Å². The monoisotopic (exact) mass is 311 g/mol. The van der Waals surface area contributed by atoms with Gasteiger partial charge < -0.3 is 10.6 Å². The maximum atomic E-state index is 11.9. The third-order valence-corrected chi connectivity index (χ3v) is 4.30. The number of fused-ring (bicyclic) bond motifs is 1. The number of aromatic nitrogens is 1. The van der Waals surface area contributed by atoms with E-state index in [0.717, 1.165) is 32.9 Å². The Morgan fingerprint density at radius 3 is 2.73 bits per heavy atom. The SMILES string of the molecule is CCCNC(=O)Nc1ccccc1-c1nc2ccccc2s1. The summed E-state index contributed by atoms with van der Waals surface area (Å²) < 4.78 is 1.14. The van der Waals surface area contributed by atoms with Crippen LogP contribution in [0, 0.1) is 0 Å². The van der Waals surface area contributed by atoms with Crippen LogP contribution in [0.25, 0.3) is 20.8 Å². The van der Waals surface area contributed by atoms with Crippen LogP contribution in [-0.2, 0) is 0 Å². The zero-order valence-electron chi connectivity index (χ0n) is 12.3. The number of anilines is 1. The van der Waals surface area contributed by atoms with Crippen LogP contribution < -0.4 is 10.6 Å². The summed E-state index contributed by atoms with van der Waals surface area (Å²) in [7, 11) is 0. The van der Waals surface area contributed by atoms with Crippen LogP contribution in [-0.4, -0.2) is 17.6 Å². The fourth-order valence-corrected chi connectivity index (χ4v) is 3.18. The van der Waals surface area contributed by atoms with Gasteiger partial charge in [-0.25, -0.2) is 9.78 Å². The van der Waals surface area contributed by atoms with Gasteiger partial charge in [-0.05, 0) is 30.7 Å². The predicted molar refractivity (Wildman–Crippen MR) is 92.4 cm³/mol. The van der Waals surface area contributed by atoms with Gasteiger partial charge in [-0.1, -0.05) is 31.2 Å². The van der Waals surface area contributed by atoms with Crippen molar-refractivity contribution in [1.29, 1.82) is 0 Å². The smallest absolute Gasteiger partial charge is 0.319 e. The minimum Gasteiger partial charge on any atom is -0.338 e. The van der Waals surface area contributed by atoms with E-state index >= 15 is 0 Å². The van der Waals surface area contributed by atoms with Crippen LogP contribution in [0.15, 0.2) is 48.5 Å². The molecule has 0 aliphatic carbocycles. The molecule has 22 heavy (non-hydrogen) atoms. The third-order valence-electron chi connectivity index (χ3n) is 3.24. The first-order valence-electron chi connectivity index (χ1n) is 7.27. The largest absolute Gasteiger partial charge is 0.338 e. The first kappa shape index (κ1) is 14.5. The van der Waals surface area contributed by atoms with E-state index in [2.05, 4.69) is 21.7 Å². The minimum atomic E-state index is -0.185. The summed E-state index contributed by atoms with van der Waals surface area (Å²) in [6, 6.07) is 15.6. The Labute approximate surface area is 133 Å². The van der Waals surface area contributed by atoms with Gasteiger partial charge in [0.1, 0.15) is 5.01 Å². The number of hydrogen-bond donors (Lipinski definition) is 2. The average molecular weight is 311 g/mol. The number of rotatable bonds is 4. The van der Waals surface area contributed by atoms with Crippen LogP contribution >= 0.6 is 11.3 Å². The number of benzene rings is 2. The summed E-state index contributed by atoms with van der Waals surface area (Å²) in [5, 5.41) is 6.63. The highest BCUT2D eigenvalue weighted by molar-refractivity contribution is 7.21. The maximum absolute atomic E-state index is 11.9. The summed E-state index contributed by atoms with van der Waals surface area (Å²) in [6.45, 7) is 2.69. The molecule has 4 nitrogen and oxygen atoms in total. The molecule has 1 aromatic heterocycles. The van der Waals surface area contributed by atoms with Crippen molar-refractivity contribution < 1.29 is 4.79 Å². The van der Waals surface area contributed by atoms with Crippen molar-refractivity contribution in [3.05, 3.63) is 48.5 Å². The number of hydrogen-bond acceptors (Lipinski definition) is 3. The Kier molecular flexibility index (Phi) is 4.34. The number of amides is 2. The van der Waals surface area contributed by atoms with E-state index in [1.807, 2.05) is 49.4 Å². The van der Waals surface area contributed by atoms with Crippen molar-refractivity contribution >= 4 is 33.3 Å².